The van der Waals surface area contributed by atoms with Crippen LogP contribution in [0.15, 0.2) is 47.2 Å². The van der Waals surface area contributed by atoms with Crippen molar-refractivity contribution >= 4 is 51.4 Å². The van der Waals surface area contributed by atoms with Gasteiger partial charge in [-0.3, -0.25) is 14.5 Å². The molecule has 6 nitrogen and oxygen atoms in total. The van der Waals surface area contributed by atoms with Crippen molar-refractivity contribution in [3.63, 3.8) is 0 Å². The predicted octanol–water partition coefficient (Wildman–Crippen LogP) is 4.74. The first-order valence-corrected chi connectivity index (χ1v) is 11.5. The van der Waals surface area contributed by atoms with Crippen molar-refractivity contribution in [2.45, 2.75) is 33.1 Å². The summed E-state index contributed by atoms with van der Waals surface area (Å²) in [5.74, 6) is -0.266. The molecule has 0 spiro atoms. The van der Waals surface area contributed by atoms with Gasteiger partial charge in [0.25, 0.3) is 0 Å². The van der Waals surface area contributed by atoms with Crippen LogP contribution in [0.2, 0.25) is 0 Å². The van der Waals surface area contributed by atoms with Gasteiger partial charge in [-0.1, -0.05) is 18.2 Å². The zero-order valence-electron chi connectivity index (χ0n) is 17.0. The smallest absolute Gasteiger partial charge is 0.244 e. The van der Waals surface area contributed by atoms with Gasteiger partial charge < -0.3 is 5.32 Å². The van der Waals surface area contributed by atoms with E-state index in [4.69, 9.17) is 0 Å². The normalized spacial score (nSPS) is 11.0. The highest BCUT2D eigenvalue weighted by atomic mass is 32.1. The van der Waals surface area contributed by atoms with Gasteiger partial charge in [-0.25, -0.2) is 9.97 Å². The Morgan fingerprint density at radius 3 is 2.60 bits per heavy atom. The summed E-state index contributed by atoms with van der Waals surface area (Å²) >= 11 is 3.05. The topological polar surface area (TPSA) is 75.2 Å². The number of amides is 2. The molecular weight excluding hydrogens is 416 g/mol. The molecule has 0 atom stereocenters. The maximum atomic E-state index is 12.1. The van der Waals surface area contributed by atoms with E-state index in [0.717, 1.165) is 35.7 Å². The van der Waals surface area contributed by atoms with E-state index in [2.05, 4.69) is 20.7 Å². The summed E-state index contributed by atoms with van der Waals surface area (Å²) in [5, 5.41) is 8.49. The first-order chi connectivity index (χ1) is 14.5. The fraction of sp³-hybridized carbons (Fsp3) is 0.273. The molecule has 0 aliphatic carbocycles. The summed E-state index contributed by atoms with van der Waals surface area (Å²) in [5.41, 5.74) is 2.47. The van der Waals surface area contributed by atoms with Gasteiger partial charge in [0.2, 0.25) is 11.8 Å². The quantitative estimate of drug-likeness (QED) is 0.385. The van der Waals surface area contributed by atoms with Crippen LogP contribution >= 0.6 is 22.7 Å². The number of nitrogens with one attached hydrogen (secondary N) is 1. The Morgan fingerprint density at radius 1 is 1.10 bits per heavy atom. The first-order valence-electron chi connectivity index (χ1n) is 9.71. The molecule has 0 saturated carbocycles. The monoisotopic (exact) mass is 440 g/mol. The van der Waals surface area contributed by atoms with E-state index in [1.54, 1.807) is 22.3 Å². The summed E-state index contributed by atoms with van der Waals surface area (Å²) in [7, 11) is 0. The zero-order valence-corrected chi connectivity index (χ0v) is 18.6. The summed E-state index contributed by atoms with van der Waals surface area (Å²) in [4.78, 5) is 34.6. The Kier molecular flexibility index (Phi) is 7.87. The van der Waals surface area contributed by atoms with E-state index in [1.165, 1.54) is 24.3 Å². The van der Waals surface area contributed by atoms with Crippen LogP contribution in [-0.4, -0.2) is 28.3 Å². The molecule has 2 aromatic heterocycles. The van der Waals surface area contributed by atoms with Crippen LogP contribution in [0.5, 0.6) is 0 Å². The van der Waals surface area contributed by atoms with Crippen molar-refractivity contribution in [1.82, 2.24) is 15.3 Å². The zero-order chi connectivity index (χ0) is 21.3. The van der Waals surface area contributed by atoms with Gasteiger partial charge in [0.1, 0.15) is 0 Å². The molecule has 3 rings (SSSR count). The fourth-order valence-electron chi connectivity index (χ4n) is 2.81. The van der Waals surface area contributed by atoms with E-state index in [-0.39, 0.29) is 11.8 Å². The third-order valence-electron chi connectivity index (χ3n) is 4.22. The Hall–Kier alpha value is -2.84. The second-order valence-corrected chi connectivity index (χ2v) is 8.49. The number of anilines is 2. The molecule has 0 aliphatic heterocycles. The molecule has 30 heavy (non-hydrogen) atoms. The van der Waals surface area contributed by atoms with E-state index >= 15 is 0 Å². The van der Waals surface area contributed by atoms with Gasteiger partial charge in [-0.15, -0.1) is 22.7 Å². The van der Waals surface area contributed by atoms with Crippen LogP contribution in [0.4, 0.5) is 10.8 Å². The minimum absolute atomic E-state index is 0.114. The Labute approximate surface area is 184 Å². The number of unbranched alkanes of at least 4 members (excludes halogenated alkanes) is 1. The number of thiazole rings is 2. The molecule has 1 aromatic carbocycles. The minimum Gasteiger partial charge on any atom is -0.353 e. The molecule has 0 fully saturated rings. The van der Waals surface area contributed by atoms with Gasteiger partial charge in [-0.2, -0.15) is 0 Å². The number of aromatic nitrogens is 2. The summed E-state index contributed by atoms with van der Waals surface area (Å²) < 4.78 is 0. The van der Waals surface area contributed by atoms with Crippen molar-refractivity contribution in [2.24, 2.45) is 0 Å². The highest BCUT2D eigenvalue weighted by molar-refractivity contribution is 7.14. The molecule has 2 amide bonds. The highest BCUT2D eigenvalue weighted by Crippen LogP contribution is 2.28. The molecule has 8 heteroatoms. The van der Waals surface area contributed by atoms with Gasteiger partial charge in [-0.05, 0) is 44.4 Å². The molecule has 1 N–H and O–H groups in total. The molecule has 3 aromatic rings. The van der Waals surface area contributed by atoms with Gasteiger partial charge in [0.15, 0.2) is 5.13 Å². The number of hydrogen-bond acceptors (Lipinski definition) is 6. The van der Waals surface area contributed by atoms with Gasteiger partial charge in [0, 0.05) is 36.0 Å². The maximum absolute atomic E-state index is 12.1. The average Bonchev–Trinajstić information content (AvgIpc) is 3.36. The van der Waals surface area contributed by atoms with Crippen molar-refractivity contribution in [1.29, 1.82) is 0 Å². The van der Waals surface area contributed by atoms with Gasteiger partial charge in [0.05, 0.1) is 16.4 Å². The average molecular weight is 441 g/mol. The number of aryl methyl sites for hydroxylation is 2. The Morgan fingerprint density at radius 2 is 1.90 bits per heavy atom. The standard InChI is InChI=1S/C22H24N4O2S2/c1-16-14-29-21(24-16)10-6-7-13-23-20(28)12-11-18-15-30-22(25-18)26(17(2)27)19-8-4-3-5-9-19/h3-5,8-9,11-12,14-15H,6-7,10,13H2,1-2H3,(H,23,28)/b12-11+. The number of nitrogens with zero attached hydrogens (tertiary/aromatic N) is 3. The number of para-hydroxylation sites is 1. The van der Waals surface area contributed by atoms with Crippen LogP contribution in [0, 0.1) is 6.92 Å². The SMILES string of the molecule is CC(=O)N(c1ccccc1)c1nc(/C=C/C(=O)NCCCCc2nc(C)cs2)cs1. The molecule has 0 unspecified atom stereocenters. The number of benzene rings is 1. The van der Waals surface area contributed by atoms with Crippen LogP contribution in [0.25, 0.3) is 6.08 Å². The van der Waals surface area contributed by atoms with Crippen molar-refractivity contribution in [3.8, 4) is 0 Å². The van der Waals surface area contributed by atoms with Crippen LogP contribution in [0.1, 0.15) is 36.2 Å². The second kappa shape index (κ2) is 10.8. The third-order valence-corrected chi connectivity index (χ3v) is 6.09. The largest absolute Gasteiger partial charge is 0.353 e. The van der Waals surface area contributed by atoms with Crippen LogP contribution < -0.4 is 10.2 Å². The molecule has 0 aliphatic rings. The lowest BCUT2D eigenvalue weighted by Gasteiger charge is -2.17. The minimum atomic E-state index is -0.152. The summed E-state index contributed by atoms with van der Waals surface area (Å²) in [6.45, 7) is 4.13. The Bertz CT molecular complexity index is 1010. The van der Waals surface area contributed by atoms with E-state index in [0.29, 0.717) is 17.4 Å². The van der Waals surface area contributed by atoms with Gasteiger partial charge >= 0.3 is 0 Å². The first kappa shape index (κ1) is 21.9. The van der Waals surface area contributed by atoms with E-state index < -0.39 is 0 Å². The fourth-order valence-corrected chi connectivity index (χ4v) is 4.48. The lowest BCUT2D eigenvalue weighted by atomic mass is 10.2. The van der Waals surface area contributed by atoms with Crippen molar-refractivity contribution in [2.75, 3.05) is 11.4 Å². The molecule has 2 heterocycles. The number of carbonyl (C=O) groups excluding carboxylic acids is 2. The lowest BCUT2D eigenvalue weighted by molar-refractivity contribution is -0.117. The molecule has 0 radical (unpaired) electrons. The number of rotatable bonds is 9. The van der Waals surface area contributed by atoms with Crippen LogP contribution in [0.3, 0.4) is 0 Å². The third kappa shape index (κ3) is 6.33. The second-order valence-electron chi connectivity index (χ2n) is 6.71. The molecular formula is C22H24N4O2S2. The summed E-state index contributed by atoms with van der Waals surface area (Å²) in [6.07, 6.45) is 5.98. The van der Waals surface area contributed by atoms with Crippen molar-refractivity contribution in [3.05, 3.63) is 63.6 Å². The van der Waals surface area contributed by atoms with Crippen LogP contribution in [-0.2, 0) is 16.0 Å². The van der Waals surface area contributed by atoms with Crippen molar-refractivity contribution < 1.29 is 9.59 Å². The summed E-state index contributed by atoms with van der Waals surface area (Å²) in [6, 6.07) is 9.38. The Balaban J connectivity index is 1.47. The highest BCUT2D eigenvalue weighted by Gasteiger charge is 2.17. The number of hydrogen-bond donors (Lipinski definition) is 1. The lowest BCUT2D eigenvalue weighted by Crippen LogP contribution is -2.22. The number of carbonyl (C=O) groups is 2. The van der Waals surface area contributed by atoms with E-state index in [1.807, 2.05) is 42.6 Å². The molecule has 0 saturated heterocycles. The molecule has 0 bridgehead atoms. The molecule has 156 valence electrons. The van der Waals surface area contributed by atoms with E-state index in [9.17, 15) is 9.59 Å². The maximum Gasteiger partial charge on any atom is 0.244 e. The predicted molar refractivity (Wildman–Crippen MR) is 123 cm³/mol.